The summed E-state index contributed by atoms with van der Waals surface area (Å²) >= 11 is 11.0. The highest BCUT2D eigenvalue weighted by atomic mass is 35.5. The summed E-state index contributed by atoms with van der Waals surface area (Å²) in [7, 11) is -0.123. The second-order valence-corrected chi connectivity index (χ2v) is 5.95. The molecule has 0 aromatic carbocycles. The first-order chi connectivity index (χ1) is 3.27. The molecule has 7 heavy (non-hydrogen) atoms. The van der Waals surface area contributed by atoms with Crippen LogP contribution in [-0.2, 0) is 0 Å². The molecular formula is C4H10Cl2Si. The molecule has 0 radical (unpaired) electrons. The normalized spacial score (nSPS) is 12.0. The number of hydrogen-bond acceptors (Lipinski definition) is 0. The first-order valence-electron chi connectivity index (χ1n) is 2.55. The minimum absolute atomic E-state index is 0.0139. The fraction of sp³-hybridized carbons (Fsp3) is 1.00. The number of hydrogen-bond donors (Lipinski definition) is 0. The van der Waals surface area contributed by atoms with E-state index in [0.29, 0.717) is 0 Å². The highest BCUT2D eigenvalue weighted by Gasteiger charge is 1.95. The van der Waals surface area contributed by atoms with Gasteiger partial charge in [0.15, 0.2) is 0 Å². The Labute approximate surface area is 57.0 Å². The predicted molar refractivity (Wildman–Crippen MR) is 39.1 cm³/mol. The molecule has 0 nitrogen and oxygen atoms in total. The molecular weight excluding hydrogens is 147 g/mol. The van der Waals surface area contributed by atoms with Crippen LogP contribution in [0.2, 0.25) is 6.04 Å². The summed E-state index contributed by atoms with van der Waals surface area (Å²) in [5.74, 6) is 0. The van der Waals surface area contributed by atoms with Crippen LogP contribution in [0.4, 0.5) is 0 Å². The third-order valence-electron chi connectivity index (χ3n) is 0.776. The van der Waals surface area contributed by atoms with Crippen molar-refractivity contribution in [2.75, 3.05) is 0 Å². The molecule has 0 aromatic rings. The molecule has 0 saturated heterocycles. The quantitative estimate of drug-likeness (QED) is 0.432. The van der Waals surface area contributed by atoms with Crippen LogP contribution in [0.3, 0.4) is 0 Å². The molecule has 0 aromatic heterocycles. The highest BCUT2D eigenvalue weighted by Crippen LogP contribution is 2.01. The van der Waals surface area contributed by atoms with Crippen molar-refractivity contribution in [1.29, 1.82) is 0 Å². The largest absolute Gasteiger partial charge is 0.110 e. The van der Waals surface area contributed by atoms with E-state index in [2.05, 4.69) is 6.92 Å². The van der Waals surface area contributed by atoms with Gasteiger partial charge in [0.2, 0.25) is 0 Å². The summed E-state index contributed by atoms with van der Waals surface area (Å²) in [5.41, 5.74) is 0. The maximum absolute atomic E-state index is 5.48. The molecule has 0 heterocycles. The van der Waals surface area contributed by atoms with Gasteiger partial charge in [-0.1, -0.05) is 19.4 Å². The smallest absolute Gasteiger partial charge is 0.0908 e. The van der Waals surface area contributed by atoms with Crippen LogP contribution in [0.15, 0.2) is 0 Å². The van der Waals surface area contributed by atoms with E-state index in [1.165, 1.54) is 12.5 Å². The molecule has 0 bridgehead atoms. The molecule has 3 heteroatoms. The summed E-state index contributed by atoms with van der Waals surface area (Å²) in [6.45, 7) is 2.16. The number of alkyl halides is 2. The van der Waals surface area contributed by atoms with E-state index in [0.717, 1.165) is 0 Å². The summed E-state index contributed by atoms with van der Waals surface area (Å²) in [6, 6.07) is 1.28. The highest BCUT2D eigenvalue weighted by molar-refractivity contribution is 6.68. The average molecular weight is 157 g/mol. The van der Waals surface area contributed by atoms with Crippen LogP contribution >= 0.6 is 23.2 Å². The zero-order chi connectivity index (χ0) is 5.70. The van der Waals surface area contributed by atoms with Gasteiger partial charge >= 0.3 is 0 Å². The van der Waals surface area contributed by atoms with Gasteiger partial charge in [0.25, 0.3) is 0 Å². The van der Waals surface area contributed by atoms with Gasteiger partial charge in [0.1, 0.15) is 0 Å². The van der Waals surface area contributed by atoms with Gasteiger partial charge < -0.3 is 0 Å². The van der Waals surface area contributed by atoms with Gasteiger partial charge in [-0.2, -0.15) is 0 Å². The monoisotopic (exact) mass is 156 g/mol. The number of halogens is 2. The summed E-state index contributed by atoms with van der Waals surface area (Å²) in [4.78, 5) is 0. The summed E-state index contributed by atoms with van der Waals surface area (Å²) in [6.07, 6.45) is 1.24. The Hall–Kier alpha value is 0.797. The van der Waals surface area contributed by atoms with Crippen molar-refractivity contribution in [3.63, 3.8) is 0 Å². The van der Waals surface area contributed by atoms with Gasteiger partial charge in [-0.15, -0.1) is 23.2 Å². The van der Waals surface area contributed by atoms with E-state index in [1.54, 1.807) is 0 Å². The lowest BCUT2D eigenvalue weighted by atomic mass is 10.6. The van der Waals surface area contributed by atoms with Crippen LogP contribution in [-0.4, -0.2) is 14.0 Å². The molecule has 0 unspecified atom stereocenters. The van der Waals surface area contributed by atoms with Crippen LogP contribution in [0.5, 0.6) is 0 Å². The van der Waals surface area contributed by atoms with Gasteiger partial charge in [-0.05, 0) is 0 Å². The zero-order valence-corrected chi connectivity index (χ0v) is 7.38. The Kier molecular flexibility index (Phi) is 5.51. The minimum Gasteiger partial charge on any atom is -0.110 e. The molecule has 0 atom stereocenters. The lowest BCUT2D eigenvalue weighted by molar-refractivity contribution is 1.07. The van der Waals surface area contributed by atoms with Crippen molar-refractivity contribution in [3.05, 3.63) is 0 Å². The van der Waals surface area contributed by atoms with Crippen molar-refractivity contribution in [2.24, 2.45) is 0 Å². The first-order valence-corrected chi connectivity index (χ1v) is 5.24. The Morgan fingerprint density at radius 2 is 2.14 bits per heavy atom. The van der Waals surface area contributed by atoms with Crippen molar-refractivity contribution in [2.45, 2.75) is 23.8 Å². The van der Waals surface area contributed by atoms with Crippen LogP contribution in [0, 0.1) is 0 Å². The fourth-order valence-corrected chi connectivity index (χ4v) is 2.00. The number of rotatable bonds is 3. The fourth-order valence-electron chi connectivity index (χ4n) is 0.358. The Morgan fingerprint density at radius 3 is 2.29 bits per heavy atom. The molecule has 0 saturated carbocycles. The average Bonchev–Trinajstić information content (AvgIpc) is 1.61. The van der Waals surface area contributed by atoms with Crippen molar-refractivity contribution in [1.82, 2.24) is 0 Å². The van der Waals surface area contributed by atoms with E-state index in [-0.39, 0.29) is 14.0 Å². The third kappa shape index (κ3) is 6.80. The Morgan fingerprint density at radius 1 is 1.57 bits per heavy atom. The van der Waals surface area contributed by atoms with E-state index in [1.807, 2.05) is 0 Å². The lowest BCUT2D eigenvalue weighted by Crippen LogP contribution is -1.98. The summed E-state index contributed by atoms with van der Waals surface area (Å²) < 4.78 is -0.0139. The molecule has 0 rings (SSSR count). The SMILES string of the molecule is CCC[SiH2]C(Cl)Cl. The van der Waals surface area contributed by atoms with Gasteiger partial charge in [-0.3, -0.25) is 0 Å². The molecule has 0 spiro atoms. The third-order valence-corrected chi connectivity index (χ3v) is 3.64. The Balaban J connectivity index is 2.68. The van der Waals surface area contributed by atoms with Crippen LogP contribution in [0.25, 0.3) is 0 Å². The van der Waals surface area contributed by atoms with Gasteiger partial charge in [-0.25, -0.2) is 0 Å². The molecule has 0 aliphatic heterocycles. The van der Waals surface area contributed by atoms with Gasteiger partial charge in [0, 0.05) is 0 Å². The summed E-state index contributed by atoms with van der Waals surface area (Å²) in [5, 5.41) is 0. The van der Waals surface area contributed by atoms with E-state index >= 15 is 0 Å². The maximum atomic E-state index is 5.48. The van der Waals surface area contributed by atoms with Crippen molar-refractivity contribution in [3.8, 4) is 0 Å². The van der Waals surface area contributed by atoms with Crippen molar-refractivity contribution >= 4 is 32.7 Å². The van der Waals surface area contributed by atoms with E-state index in [9.17, 15) is 0 Å². The molecule has 0 amide bonds. The zero-order valence-electron chi connectivity index (χ0n) is 4.45. The van der Waals surface area contributed by atoms with Crippen molar-refractivity contribution < 1.29 is 0 Å². The molecule has 0 fully saturated rings. The second-order valence-electron chi connectivity index (χ2n) is 1.53. The van der Waals surface area contributed by atoms with E-state index < -0.39 is 0 Å². The molecule has 0 aliphatic carbocycles. The topological polar surface area (TPSA) is 0 Å². The second kappa shape index (κ2) is 4.94. The standard InChI is InChI=1S/C4H10Cl2Si/c1-2-3-7-4(5)6/h4H,2-3,7H2,1H3. The van der Waals surface area contributed by atoms with E-state index in [4.69, 9.17) is 23.2 Å². The molecule has 0 N–H and O–H groups in total. The first kappa shape index (κ1) is 7.80. The molecule has 0 aliphatic rings. The minimum atomic E-state index is -0.123. The predicted octanol–water partition coefficient (Wildman–Crippen LogP) is 1.74. The molecule has 44 valence electrons. The van der Waals surface area contributed by atoms with Crippen LogP contribution in [0.1, 0.15) is 13.3 Å². The maximum Gasteiger partial charge on any atom is 0.0908 e. The lowest BCUT2D eigenvalue weighted by Gasteiger charge is -1.93. The van der Waals surface area contributed by atoms with Gasteiger partial charge in [0.05, 0.1) is 14.0 Å². The van der Waals surface area contributed by atoms with Crippen LogP contribution < -0.4 is 0 Å². The Bertz CT molecular complexity index is 38.7.